The Kier molecular flexibility index (Phi) is 9.20. The van der Waals surface area contributed by atoms with Crippen LogP contribution >= 0.6 is 11.8 Å². The number of rotatable bonds is 10. The van der Waals surface area contributed by atoms with E-state index in [-0.39, 0.29) is 17.9 Å². The number of carbonyl (C=O) groups excluding carboxylic acids is 2. The highest BCUT2D eigenvalue weighted by atomic mass is 32.2. The molecule has 0 aliphatic carbocycles. The van der Waals surface area contributed by atoms with Crippen molar-refractivity contribution in [3.05, 3.63) is 51.2 Å². The summed E-state index contributed by atoms with van der Waals surface area (Å²) in [5.74, 6) is -1.68. The number of hydrogen-bond acceptors (Lipinski definition) is 9. The molecule has 1 aliphatic heterocycles. The first-order valence-electron chi connectivity index (χ1n) is 9.91. The van der Waals surface area contributed by atoms with Gasteiger partial charge in [0, 0.05) is 29.5 Å². The van der Waals surface area contributed by atoms with Crippen molar-refractivity contribution in [1.29, 1.82) is 0 Å². The predicted octanol–water partition coefficient (Wildman–Crippen LogP) is 2.84. The van der Waals surface area contributed by atoms with E-state index in [1.54, 1.807) is 31.7 Å². The monoisotopic (exact) mass is 449 g/mol. The molecule has 2 rings (SSSR count). The molecule has 31 heavy (non-hydrogen) atoms. The number of methoxy groups -OCH3 is 1. The number of ether oxygens (including phenoxy) is 2. The van der Waals surface area contributed by atoms with Crippen molar-refractivity contribution in [1.82, 2.24) is 0 Å². The zero-order valence-corrected chi connectivity index (χ0v) is 18.6. The first-order chi connectivity index (χ1) is 14.8. The van der Waals surface area contributed by atoms with E-state index < -0.39 is 28.7 Å². The molecule has 2 unspecified atom stereocenters. The maximum absolute atomic E-state index is 13.0. The van der Waals surface area contributed by atoms with Crippen molar-refractivity contribution >= 4 is 35.1 Å². The zero-order valence-electron chi connectivity index (χ0n) is 17.8. The lowest BCUT2D eigenvalue weighted by molar-refractivity contribution is -0.384. The largest absolute Gasteiger partial charge is 0.468 e. The van der Waals surface area contributed by atoms with Gasteiger partial charge in [0.25, 0.3) is 5.69 Å². The van der Waals surface area contributed by atoms with E-state index in [1.165, 1.54) is 25.3 Å². The highest BCUT2D eigenvalue weighted by Crippen LogP contribution is 2.41. The minimum atomic E-state index is -0.899. The first-order valence-corrected chi connectivity index (χ1v) is 11.1. The number of esters is 2. The SMILES string of the molecule is CCOC(=O)C1=C(CSCCCN)N=C(C)C(C(=O)OC)C1c1cccc([N+](=O)[O-])c1. The lowest BCUT2D eigenvalue weighted by atomic mass is 9.75. The molecule has 1 heterocycles. The van der Waals surface area contributed by atoms with Crippen LogP contribution in [0.1, 0.15) is 31.7 Å². The van der Waals surface area contributed by atoms with Crippen LogP contribution in [0.5, 0.6) is 0 Å². The summed E-state index contributed by atoms with van der Waals surface area (Å²) in [7, 11) is 1.26. The highest BCUT2D eigenvalue weighted by Gasteiger charge is 2.43. The molecule has 0 saturated heterocycles. The molecule has 0 fully saturated rings. The van der Waals surface area contributed by atoms with Gasteiger partial charge in [-0.05, 0) is 38.1 Å². The summed E-state index contributed by atoms with van der Waals surface area (Å²) in [5.41, 5.74) is 7.07. The quantitative estimate of drug-likeness (QED) is 0.249. The molecule has 0 bridgehead atoms. The van der Waals surface area contributed by atoms with Gasteiger partial charge in [-0.1, -0.05) is 12.1 Å². The maximum atomic E-state index is 13.0. The van der Waals surface area contributed by atoms with E-state index in [0.29, 0.717) is 29.3 Å². The molecular weight excluding hydrogens is 422 g/mol. The Morgan fingerprint density at radius 3 is 2.71 bits per heavy atom. The van der Waals surface area contributed by atoms with Gasteiger partial charge in [-0.3, -0.25) is 19.9 Å². The molecule has 0 amide bonds. The van der Waals surface area contributed by atoms with Gasteiger partial charge in [-0.2, -0.15) is 11.8 Å². The number of carbonyl (C=O) groups is 2. The van der Waals surface area contributed by atoms with E-state index in [2.05, 4.69) is 4.99 Å². The van der Waals surface area contributed by atoms with Gasteiger partial charge in [0.2, 0.25) is 0 Å². The Morgan fingerprint density at radius 2 is 2.10 bits per heavy atom. The Balaban J connectivity index is 2.65. The molecule has 2 N–H and O–H groups in total. The molecular formula is C21H27N3O6S. The molecule has 1 aliphatic rings. The number of nitrogens with zero attached hydrogens (tertiary/aromatic N) is 2. The number of non-ortho nitro benzene ring substituents is 1. The van der Waals surface area contributed by atoms with E-state index in [1.807, 2.05) is 0 Å². The summed E-state index contributed by atoms with van der Waals surface area (Å²) < 4.78 is 10.3. The standard InChI is InChI=1S/C21H27N3O6S/c1-4-30-21(26)19-16(12-31-10-6-9-22)23-13(2)17(20(25)29-3)18(19)14-7-5-8-15(11-14)24(27)28/h5,7-8,11,17-18H,4,6,9-10,12,22H2,1-3H3. The van der Waals surface area contributed by atoms with Gasteiger partial charge in [0.05, 0.1) is 29.9 Å². The Morgan fingerprint density at radius 1 is 1.35 bits per heavy atom. The van der Waals surface area contributed by atoms with Crippen molar-refractivity contribution in [3.63, 3.8) is 0 Å². The lowest BCUT2D eigenvalue weighted by Crippen LogP contribution is -2.36. The number of benzene rings is 1. The first kappa shape index (κ1) is 24.5. The molecule has 2 atom stereocenters. The Bertz CT molecular complexity index is 899. The van der Waals surface area contributed by atoms with Crippen LogP contribution < -0.4 is 5.73 Å². The molecule has 10 heteroatoms. The van der Waals surface area contributed by atoms with E-state index in [0.717, 1.165) is 12.2 Å². The van der Waals surface area contributed by atoms with Crippen LogP contribution in [0.25, 0.3) is 0 Å². The van der Waals surface area contributed by atoms with Crippen LogP contribution in [0.2, 0.25) is 0 Å². The number of nitro groups is 1. The van der Waals surface area contributed by atoms with E-state index in [9.17, 15) is 19.7 Å². The Hall–Kier alpha value is -2.72. The predicted molar refractivity (Wildman–Crippen MR) is 119 cm³/mol. The molecule has 9 nitrogen and oxygen atoms in total. The third-order valence-electron chi connectivity index (χ3n) is 4.84. The van der Waals surface area contributed by atoms with Gasteiger partial charge >= 0.3 is 11.9 Å². The number of hydrogen-bond donors (Lipinski definition) is 1. The van der Waals surface area contributed by atoms with Gasteiger partial charge in [-0.15, -0.1) is 0 Å². The summed E-state index contributed by atoms with van der Waals surface area (Å²) in [6.45, 7) is 4.08. The van der Waals surface area contributed by atoms with Gasteiger partial charge in [-0.25, -0.2) is 4.79 Å². The summed E-state index contributed by atoms with van der Waals surface area (Å²) in [5, 5.41) is 11.3. The molecule has 1 aromatic rings. The fraction of sp³-hybridized carbons (Fsp3) is 0.476. The number of nitrogens with two attached hydrogens (primary N) is 1. The van der Waals surface area contributed by atoms with Crippen molar-refractivity contribution in [3.8, 4) is 0 Å². The van der Waals surface area contributed by atoms with Crippen LogP contribution in [-0.4, -0.2) is 54.3 Å². The molecule has 0 saturated carbocycles. The smallest absolute Gasteiger partial charge is 0.336 e. The molecule has 0 radical (unpaired) electrons. The lowest BCUT2D eigenvalue weighted by Gasteiger charge is -2.31. The van der Waals surface area contributed by atoms with Gasteiger partial charge in [0.15, 0.2) is 0 Å². The fourth-order valence-electron chi connectivity index (χ4n) is 3.47. The van der Waals surface area contributed by atoms with Crippen LogP contribution in [0, 0.1) is 16.0 Å². The van der Waals surface area contributed by atoms with E-state index >= 15 is 0 Å². The van der Waals surface area contributed by atoms with Crippen molar-refractivity contribution < 1.29 is 24.0 Å². The summed E-state index contributed by atoms with van der Waals surface area (Å²) in [4.78, 5) is 41.1. The van der Waals surface area contributed by atoms with Crippen LogP contribution in [-0.2, 0) is 19.1 Å². The minimum Gasteiger partial charge on any atom is -0.468 e. The average Bonchev–Trinajstić information content (AvgIpc) is 2.75. The van der Waals surface area contributed by atoms with Crippen LogP contribution in [0.15, 0.2) is 40.5 Å². The number of nitro benzene ring substituents is 1. The van der Waals surface area contributed by atoms with Crippen LogP contribution in [0.3, 0.4) is 0 Å². The maximum Gasteiger partial charge on any atom is 0.336 e. The van der Waals surface area contributed by atoms with Crippen molar-refractivity contribution in [2.45, 2.75) is 26.2 Å². The fourth-order valence-corrected chi connectivity index (χ4v) is 4.40. The second-order valence-electron chi connectivity index (χ2n) is 6.86. The Labute approximate surface area is 185 Å². The normalized spacial score (nSPS) is 18.4. The molecule has 0 spiro atoms. The highest BCUT2D eigenvalue weighted by molar-refractivity contribution is 7.99. The molecule has 168 valence electrons. The molecule has 1 aromatic carbocycles. The van der Waals surface area contributed by atoms with Crippen molar-refractivity contribution in [2.75, 3.05) is 31.8 Å². The third kappa shape index (κ3) is 5.92. The second kappa shape index (κ2) is 11.6. The minimum absolute atomic E-state index is 0.136. The average molecular weight is 450 g/mol. The summed E-state index contributed by atoms with van der Waals surface area (Å²) >= 11 is 1.57. The number of aliphatic imine (C=N–C) groups is 1. The van der Waals surface area contributed by atoms with Crippen molar-refractivity contribution in [2.24, 2.45) is 16.6 Å². The summed E-state index contributed by atoms with van der Waals surface area (Å²) in [6.07, 6.45) is 0.814. The number of thioether (sulfide) groups is 1. The van der Waals surface area contributed by atoms with Crippen LogP contribution in [0.4, 0.5) is 5.69 Å². The van der Waals surface area contributed by atoms with E-state index in [4.69, 9.17) is 15.2 Å². The topological polar surface area (TPSA) is 134 Å². The summed E-state index contributed by atoms with van der Waals surface area (Å²) in [6, 6.07) is 5.92. The second-order valence-corrected chi connectivity index (χ2v) is 7.96. The molecule has 0 aromatic heterocycles. The van der Waals surface area contributed by atoms with Gasteiger partial charge < -0.3 is 15.2 Å². The zero-order chi connectivity index (χ0) is 23.0. The van der Waals surface area contributed by atoms with Gasteiger partial charge in [0.1, 0.15) is 5.92 Å². The third-order valence-corrected chi connectivity index (χ3v) is 5.89.